The van der Waals surface area contributed by atoms with Crippen molar-refractivity contribution < 1.29 is 9.47 Å². The van der Waals surface area contributed by atoms with Gasteiger partial charge >= 0.3 is 0 Å². The maximum Gasteiger partial charge on any atom is 0.179 e. The van der Waals surface area contributed by atoms with Crippen molar-refractivity contribution in [2.75, 3.05) is 26.2 Å². The molecule has 4 aliphatic rings. The molecule has 1 atom stereocenters. The average molecular weight is 616 g/mol. The molecule has 8 rings (SSSR count). The minimum atomic E-state index is 0.373. The molecule has 4 aromatic rings. The Bertz CT molecular complexity index is 1570. The van der Waals surface area contributed by atoms with E-state index in [1.807, 2.05) is 87.3 Å². The molecule has 0 aliphatic carbocycles. The van der Waals surface area contributed by atoms with E-state index in [0.717, 1.165) is 79.0 Å². The quantitative estimate of drug-likeness (QED) is 0.189. The van der Waals surface area contributed by atoms with E-state index in [2.05, 4.69) is 45.7 Å². The van der Waals surface area contributed by atoms with Gasteiger partial charge in [0.05, 0.1) is 5.69 Å². The number of pyridine rings is 2. The third-order valence-corrected chi connectivity index (χ3v) is 8.67. The first-order valence-corrected chi connectivity index (χ1v) is 16.8. The van der Waals surface area contributed by atoms with Crippen LogP contribution in [-0.2, 0) is 0 Å². The van der Waals surface area contributed by atoms with E-state index >= 15 is 0 Å². The summed E-state index contributed by atoms with van der Waals surface area (Å²) in [6, 6.07) is 24.3. The highest BCUT2D eigenvalue weighted by molar-refractivity contribution is 5.88. The second-order valence-electron chi connectivity index (χ2n) is 11.1. The summed E-state index contributed by atoms with van der Waals surface area (Å²) in [5, 5.41) is 12.5. The number of likely N-dealkylation sites (tertiary alicyclic amines) is 1. The zero-order valence-electron chi connectivity index (χ0n) is 27.5. The van der Waals surface area contributed by atoms with Crippen LogP contribution in [0.2, 0.25) is 0 Å². The molecule has 2 aromatic carbocycles. The molecule has 7 nitrogen and oxygen atoms in total. The van der Waals surface area contributed by atoms with Crippen molar-refractivity contribution >= 4 is 5.57 Å². The van der Waals surface area contributed by atoms with Crippen LogP contribution in [-0.4, -0.2) is 41.0 Å². The molecule has 2 saturated heterocycles. The number of hydrogen-bond donors (Lipinski definition) is 1. The maximum absolute atomic E-state index is 9.03. The van der Waals surface area contributed by atoms with Gasteiger partial charge in [-0.15, -0.1) is 0 Å². The van der Waals surface area contributed by atoms with Crippen LogP contribution in [0.3, 0.4) is 0 Å². The third kappa shape index (κ3) is 6.93. The van der Waals surface area contributed by atoms with E-state index in [9.17, 15) is 0 Å². The van der Waals surface area contributed by atoms with Gasteiger partial charge in [0.1, 0.15) is 22.9 Å². The molecule has 0 saturated carbocycles. The van der Waals surface area contributed by atoms with Crippen molar-refractivity contribution in [1.29, 1.82) is 5.26 Å². The standard InChI is InChI=1S/C18H15N3O.C17H18N2O.2C2H6/c19-12-21-10-7-13(8-11-21)17-14-4-1-2-5-15(14)22-16-6-3-9-20-18(16)17;1-2-5-14-13(4-1)16(12-7-10-18-11-8-12)17-15(20-14)6-3-9-19-17;2*1-2/h1-6,9H,7-8,10-11H2;1-6,9,12,16,18H,7-8,10-11H2;2*1-2H3. The predicted molar refractivity (Wildman–Crippen MR) is 184 cm³/mol. The Hall–Kier alpha value is -4.67. The second kappa shape index (κ2) is 16.1. The summed E-state index contributed by atoms with van der Waals surface area (Å²) in [5.74, 6) is 4.64. The van der Waals surface area contributed by atoms with Gasteiger partial charge in [-0.3, -0.25) is 9.97 Å². The minimum Gasteiger partial charge on any atom is -0.455 e. The Kier molecular flexibility index (Phi) is 11.4. The molecule has 1 N–H and O–H groups in total. The molecule has 238 valence electrons. The summed E-state index contributed by atoms with van der Waals surface area (Å²) in [6.45, 7) is 11.8. The van der Waals surface area contributed by atoms with Crippen molar-refractivity contribution in [3.05, 3.63) is 113 Å². The molecule has 6 heterocycles. The lowest BCUT2D eigenvalue weighted by Crippen LogP contribution is -2.32. The summed E-state index contributed by atoms with van der Waals surface area (Å²) < 4.78 is 12.0. The van der Waals surface area contributed by atoms with Crippen LogP contribution in [0.5, 0.6) is 23.0 Å². The SMILES string of the molecule is CC.CC.N#CN1CCC(=C2c3ccccc3Oc3cccnc32)CC1.c1ccc2c(c1)Oc1cccnc1C2C1CCNCC1. The Morgan fingerprint density at radius 1 is 0.739 bits per heavy atom. The van der Waals surface area contributed by atoms with Crippen LogP contribution < -0.4 is 14.8 Å². The first kappa shape index (κ1) is 32.7. The van der Waals surface area contributed by atoms with Crippen LogP contribution >= 0.6 is 0 Å². The monoisotopic (exact) mass is 615 g/mol. The fraction of sp³-hybridized carbons (Fsp3) is 0.359. The molecule has 4 aliphatic heterocycles. The van der Waals surface area contributed by atoms with E-state index in [1.54, 1.807) is 6.20 Å². The molecular formula is C39H45N5O2. The molecular weight excluding hydrogens is 570 g/mol. The van der Waals surface area contributed by atoms with Gasteiger partial charge in [-0.1, -0.05) is 69.7 Å². The van der Waals surface area contributed by atoms with Gasteiger partial charge in [0, 0.05) is 48.1 Å². The number of hydrogen-bond acceptors (Lipinski definition) is 7. The lowest BCUT2D eigenvalue weighted by molar-refractivity contribution is 0.317. The summed E-state index contributed by atoms with van der Waals surface area (Å²) in [5.41, 5.74) is 6.98. The largest absolute Gasteiger partial charge is 0.455 e. The number of nitrogens with zero attached hydrogens (tertiary/aromatic N) is 4. The number of fused-ring (bicyclic) bond motifs is 4. The fourth-order valence-corrected chi connectivity index (χ4v) is 6.63. The molecule has 0 spiro atoms. The second-order valence-corrected chi connectivity index (χ2v) is 11.1. The molecule has 0 amide bonds. The summed E-state index contributed by atoms with van der Waals surface area (Å²) >= 11 is 0. The highest BCUT2D eigenvalue weighted by Crippen LogP contribution is 2.48. The summed E-state index contributed by atoms with van der Waals surface area (Å²) in [7, 11) is 0. The highest BCUT2D eigenvalue weighted by atomic mass is 16.5. The van der Waals surface area contributed by atoms with Crippen molar-refractivity contribution in [3.63, 3.8) is 0 Å². The number of ether oxygens (including phenoxy) is 2. The van der Waals surface area contributed by atoms with Crippen molar-refractivity contribution in [2.24, 2.45) is 5.92 Å². The molecule has 2 aromatic heterocycles. The van der Waals surface area contributed by atoms with Crippen LogP contribution in [0, 0.1) is 17.4 Å². The van der Waals surface area contributed by atoms with E-state index < -0.39 is 0 Å². The Morgan fingerprint density at radius 3 is 2.09 bits per heavy atom. The van der Waals surface area contributed by atoms with Gasteiger partial charge in [-0.25, -0.2) is 0 Å². The van der Waals surface area contributed by atoms with Crippen LogP contribution in [0.4, 0.5) is 0 Å². The van der Waals surface area contributed by atoms with Gasteiger partial charge in [0.2, 0.25) is 0 Å². The zero-order valence-corrected chi connectivity index (χ0v) is 27.5. The van der Waals surface area contributed by atoms with E-state index in [0.29, 0.717) is 11.8 Å². The average Bonchev–Trinajstić information content (AvgIpc) is 3.15. The first-order valence-electron chi connectivity index (χ1n) is 16.8. The number of aromatic nitrogens is 2. The fourth-order valence-electron chi connectivity index (χ4n) is 6.63. The van der Waals surface area contributed by atoms with Crippen LogP contribution in [0.15, 0.2) is 90.8 Å². The summed E-state index contributed by atoms with van der Waals surface area (Å²) in [6.07, 6.45) is 10.1. The van der Waals surface area contributed by atoms with E-state index in [4.69, 9.17) is 14.7 Å². The lowest BCUT2D eigenvalue weighted by atomic mass is 9.77. The van der Waals surface area contributed by atoms with Gasteiger partial charge in [0.25, 0.3) is 0 Å². The minimum absolute atomic E-state index is 0.373. The number of nitriles is 1. The molecule has 1 unspecified atom stereocenters. The van der Waals surface area contributed by atoms with Crippen LogP contribution in [0.1, 0.15) is 81.8 Å². The molecule has 0 radical (unpaired) electrons. The van der Waals surface area contributed by atoms with Crippen molar-refractivity contribution in [1.82, 2.24) is 20.2 Å². The number of rotatable bonds is 1. The van der Waals surface area contributed by atoms with Gasteiger partial charge < -0.3 is 19.7 Å². The molecule has 7 heteroatoms. The van der Waals surface area contributed by atoms with Crippen molar-refractivity contribution in [2.45, 2.75) is 59.3 Å². The molecule has 0 bridgehead atoms. The first-order chi connectivity index (χ1) is 22.8. The number of piperidine rings is 2. The summed E-state index contributed by atoms with van der Waals surface area (Å²) in [4.78, 5) is 11.0. The van der Waals surface area contributed by atoms with Gasteiger partial charge in [0.15, 0.2) is 11.9 Å². The maximum atomic E-state index is 9.03. The molecule has 2 fully saturated rings. The van der Waals surface area contributed by atoms with Gasteiger partial charge in [-0.2, -0.15) is 5.26 Å². The molecule has 46 heavy (non-hydrogen) atoms. The van der Waals surface area contributed by atoms with E-state index in [-0.39, 0.29) is 0 Å². The van der Waals surface area contributed by atoms with E-state index in [1.165, 1.54) is 29.6 Å². The Morgan fingerprint density at radius 2 is 1.35 bits per heavy atom. The topological polar surface area (TPSA) is 83.3 Å². The smallest absolute Gasteiger partial charge is 0.179 e. The number of para-hydroxylation sites is 2. The highest BCUT2D eigenvalue weighted by Gasteiger charge is 2.35. The van der Waals surface area contributed by atoms with Crippen LogP contribution in [0.25, 0.3) is 5.57 Å². The Labute approximate surface area is 273 Å². The van der Waals surface area contributed by atoms with Crippen molar-refractivity contribution in [3.8, 4) is 29.2 Å². The number of nitrogens with one attached hydrogen (secondary N) is 1. The zero-order chi connectivity index (χ0) is 32.3. The van der Waals surface area contributed by atoms with Gasteiger partial charge in [-0.05, 0) is 81.1 Å². The Balaban J connectivity index is 0.000000164. The number of benzene rings is 2. The third-order valence-electron chi connectivity index (χ3n) is 8.67. The normalized spacial score (nSPS) is 17.5. The predicted octanol–water partition coefficient (Wildman–Crippen LogP) is 8.94. The lowest BCUT2D eigenvalue weighted by Gasteiger charge is -2.35.